The summed E-state index contributed by atoms with van der Waals surface area (Å²) in [5, 5.41) is 20.0. The average Bonchev–Trinajstić information content (AvgIpc) is 3.44. The fraction of sp³-hybridized carbons (Fsp3) is 0.208. The van der Waals surface area contributed by atoms with Gasteiger partial charge >= 0.3 is 0 Å². The summed E-state index contributed by atoms with van der Waals surface area (Å²) < 4.78 is 0. The van der Waals surface area contributed by atoms with Crippen LogP contribution in [0.15, 0.2) is 58.9 Å². The van der Waals surface area contributed by atoms with Gasteiger partial charge in [0.05, 0.1) is 17.6 Å². The molecule has 0 fully saturated rings. The van der Waals surface area contributed by atoms with E-state index in [2.05, 4.69) is 16.3 Å². The number of aryl methyl sites for hydroxylation is 1. The number of aromatic nitrogens is 3. The highest BCUT2D eigenvalue weighted by molar-refractivity contribution is 7.10. The monoisotopic (exact) mass is 455 g/mol. The van der Waals surface area contributed by atoms with Crippen LogP contribution in [0.1, 0.15) is 28.8 Å². The Morgan fingerprint density at radius 3 is 2.67 bits per heavy atom. The number of likely N-dealkylation sites (N-methyl/N-ethyl adjacent to an activating group) is 1. The Bertz CT molecular complexity index is 1480. The Hall–Kier alpha value is -4.03. The summed E-state index contributed by atoms with van der Waals surface area (Å²) in [6, 6.07) is 17.4. The van der Waals surface area contributed by atoms with Gasteiger partial charge < -0.3 is 5.73 Å². The molecule has 2 aromatic carbocycles. The van der Waals surface area contributed by atoms with Gasteiger partial charge in [-0.25, -0.2) is 4.99 Å². The minimum absolute atomic E-state index is 0.130. The maximum absolute atomic E-state index is 13.5. The lowest BCUT2D eigenvalue weighted by Crippen LogP contribution is -2.52. The SMILES string of the molecule is CN1C(=O)[C@@H](c2ccc3nn(C)nc3c2)[C@@](C)(c2cc(-c3cccc(C#N)c3)cs2)N=C1N. The van der Waals surface area contributed by atoms with Gasteiger partial charge in [-0.05, 0) is 59.3 Å². The quantitative estimate of drug-likeness (QED) is 0.509. The van der Waals surface area contributed by atoms with Crippen LogP contribution in [0.5, 0.6) is 0 Å². The van der Waals surface area contributed by atoms with Crippen molar-refractivity contribution in [1.29, 1.82) is 5.26 Å². The number of nitriles is 1. The van der Waals surface area contributed by atoms with Crippen LogP contribution < -0.4 is 5.73 Å². The summed E-state index contributed by atoms with van der Waals surface area (Å²) in [5.41, 5.74) is 10.1. The summed E-state index contributed by atoms with van der Waals surface area (Å²) in [6.07, 6.45) is 0. The normalized spacial score (nSPS) is 20.7. The van der Waals surface area contributed by atoms with Gasteiger partial charge in [0.25, 0.3) is 0 Å². The number of nitrogens with two attached hydrogens (primary N) is 1. The molecule has 0 spiro atoms. The van der Waals surface area contributed by atoms with Crippen LogP contribution in [0.25, 0.3) is 22.2 Å². The van der Waals surface area contributed by atoms with Gasteiger partial charge in [-0.1, -0.05) is 18.2 Å². The van der Waals surface area contributed by atoms with Crippen LogP contribution in [0, 0.1) is 11.3 Å². The maximum Gasteiger partial charge on any atom is 0.239 e. The average molecular weight is 456 g/mol. The molecule has 1 amide bonds. The zero-order valence-electron chi connectivity index (χ0n) is 18.4. The van der Waals surface area contributed by atoms with Crippen LogP contribution >= 0.6 is 11.3 Å². The summed E-state index contributed by atoms with van der Waals surface area (Å²) in [7, 11) is 3.41. The summed E-state index contributed by atoms with van der Waals surface area (Å²) in [4.78, 5) is 22.2. The van der Waals surface area contributed by atoms with Gasteiger partial charge in [-0.2, -0.15) is 20.3 Å². The predicted octanol–water partition coefficient (Wildman–Crippen LogP) is 3.35. The molecule has 2 N–H and O–H groups in total. The number of carbonyl (C=O) groups is 1. The number of benzene rings is 2. The van der Waals surface area contributed by atoms with Crippen LogP contribution in [-0.2, 0) is 17.4 Å². The first-order valence-corrected chi connectivity index (χ1v) is 11.2. The Morgan fingerprint density at radius 1 is 1.09 bits per heavy atom. The van der Waals surface area contributed by atoms with E-state index in [4.69, 9.17) is 10.7 Å². The van der Waals surface area contributed by atoms with E-state index in [9.17, 15) is 10.1 Å². The lowest BCUT2D eigenvalue weighted by atomic mass is 9.77. The third kappa shape index (κ3) is 3.36. The molecule has 8 nitrogen and oxygen atoms in total. The molecule has 33 heavy (non-hydrogen) atoms. The zero-order chi connectivity index (χ0) is 23.3. The molecule has 0 bridgehead atoms. The van der Waals surface area contributed by atoms with Crippen molar-refractivity contribution in [3.8, 4) is 17.2 Å². The molecule has 0 radical (unpaired) electrons. The van der Waals surface area contributed by atoms with Gasteiger partial charge in [0, 0.05) is 19.0 Å². The molecule has 4 aromatic rings. The van der Waals surface area contributed by atoms with Gasteiger partial charge in [0.1, 0.15) is 16.6 Å². The number of hydrogen-bond donors (Lipinski definition) is 1. The van der Waals surface area contributed by atoms with Gasteiger partial charge in [-0.15, -0.1) is 11.3 Å². The molecule has 3 heterocycles. The Balaban J connectivity index is 1.64. The van der Waals surface area contributed by atoms with E-state index in [1.807, 2.05) is 54.8 Å². The molecule has 9 heteroatoms. The standard InChI is InChI=1S/C24H21N7OS/c1-24(20-11-17(13-33-20)15-6-4-5-14(9-15)12-25)21(22(32)30(2)23(26)27-24)16-7-8-18-19(10-16)29-31(3)28-18/h4-11,13,21H,1-3H3,(H2,26,27)/t21-,24-/m1/s1. The number of thiophene rings is 1. The van der Waals surface area contributed by atoms with E-state index in [1.54, 1.807) is 20.2 Å². The van der Waals surface area contributed by atoms with Crippen molar-refractivity contribution >= 4 is 34.2 Å². The predicted molar refractivity (Wildman–Crippen MR) is 127 cm³/mol. The molecule has 2 aromatic heterocycles. The first-order valence-electron chi connectivity index (χ1n) is 10.3. The molecule has 2 atom stereocenters. The second-order valence-electron chi connectivity index (χ2n) is 8.28. The Labute approximate surface area is 194 Å². The third-order valence-electron chi connectivity index (χ3n) is 6.09. The van der Waals surface area contributed by atoms with Crippen LogP contribution in [-0.4, -0.2) is 38.8 Å². The van der Waals surface area contributed by atoms with E-state index in [0.717, 1.165) is 32.6 Å². The van der Waals surface area contributed by atoms with Crippen molar-refractivity contribution in [3.05, 3.63) is 69.9 Å². The van der Waals surface area contributed by atoms with Gasteiger partial charge in [-0.3, -0.25) is 9.69 Å². The smallest absolute Gasteiger partial charge is 0.239 e. The fourth-order valence-electron chi connectivity index (χ4n) is 4.33. The van der Waals surface area contributed by atoms with Crippen molar-refractivity contribution in [2.75, 3.05) is 7.05 Å². The second kappa shape index (κ2) is 7.53. The number of hydrogen-bond acceptors (Lipinski definition) is 7. The van der Waals surface area contributed by atoms with Crippen molar-refractivity contribution in [2.24, 2.45) is 17.8 Å². The molecule has 1 aliphatic rings. The number of carbonyl (C=O) groups excluding carboxylic acids is 1. The van der Waals surface area contributed by atoms with Gasteiger partial charge in [0.15, 0.2) is 5.96 Å². The highest BCUT2D eigenvalue weighted by Crippen LogP contribution is 2.47. The largest absolute Gasteiger partial charge is 0.369 e. The third-order valence-corrected chi connectivity index (χ3v) is 7.25. The molecular formula is C24H21N7OS. The molecule has 0 saturated carbocycles. The molecule has 0 aliphatic carbocycles. The van der Waals surface area contributed by atoms with Crippen molar-refractivity contribution in [2.45, 2.75) is 18.4 Å². The van der Waals surface area contributed by atoms with E-state index in [-0.39, 0.29) is 11.9 Å². The molecular weight excluding hydrogens is 434 g/mol. The van der Waals surface area contributed by atoms with Crippen LogP contribution in [0.4, 0.5) is 0 Å². The summed E-state index contributed by atoms with van der Waals surface area (Å²) >= 11 is 1.53. The first kappa shape index (κ1) is 20.8. The molecule has 0 saturated heterocycles. The lowest BCUT2D eigenvalue weighted by molar-refractivity contribution is -0.130. The van der Waals surface area contributed by atoms with Crippen LogP contribution in [0.3, 0.4) is 0 Å². The number of rotatable bonds is 3. The van der Waals surface area contributed by atoms with Crippen molar-refractivity contribution in [1.82, 2.24) is 19.9 Å². The first-order chi connectivity index (χ1) is 15.8. The zero-order valence-corrected chi connectivity index (χ0v) is 19.2. The number of amides is 1. The topological polar surface area (TPSA) is 113 Å². The molecule has 164 valence electrons. The molecule has 0 unspecified atom stereocenters. The number of aliphatic imine (C=N–C) groups is 1. The van der Waals surface area contributed by atoms with Crippen LogP contribution in [0.2, 0.25) is 0 Å². The maximum atomic E-state index is 13.5. The number of nitrogens with zero attached hydrogens (tertiary/aromatic N) is 6. The van der Waals surface area contributed by atoms with E-state index >= 15 is 0 Å². The van der Waals surface area contributed by atoms with Crippen molar-refractivity contribution in [3.63, 3.8) is 0 Å². The number of fused-ring (bicyclic) bond motifs is 1. The van der Waals surface area contributed by atoms with E-state index in [1.165, 1.54) is 21.0 Å². The summed E-state index contributed by atoms with van der Waals surface area (Å²) in [6.45, 7) is 1.94. The van der Waals surface area contributed by atoms with E-state index in [0.29, 0.717) is 5.56 Å². The van der Waals surface area contributed by atoms with Gasteiger partial charge in [0.2, 0.25) is 5.91 Å². The molecule has 1 aliphatic heterocycles. The van der Waals surface area contributed by atoms with E-state index < -0.39 is 11.5 Å². The minimum atomic E-state index is -0.903. The van der Waals surface area contributed by atoms with Crippen molar-refractivity contribution < 1.29 is 4.79 Å². The number of guanidine groups is 1. The Kier molecular flexibility index (Phi) is 4.76. The lowest BCUT2D eigenvalue weighted by Gasteiger charge is -2.40. The highest BCUT2D eigenvalue weighted by Gasteiger charge is 2.48. The minimum Gasteiger partial charge on any atom is -0.369 e. The highest BCUT2D eigenvalue weighted by atomic mass is 32.1. The Morgan fingerprint density at radius 2 is 1.88 bits per heavy atom. The molecule has 5 rings (SSSR count). The summed E-state index contributed by atoms with van der Waals surface area (Å²) in [5.74, 6) is -0.534. The second-order valence-corrected chi connectivity index (χ2v) is 9.19. The fourth-order valence-corrected chi connectivity index (χ4v) is 5.38.